The largest absolute Gasteiger partial charge is 0.377 e. The highest BCUT2D eigenvalue weighted by atomic mass is 16.1. The van der Waals surface area contributed by atoms with Crippen LogP contribution in [0, 0.1) is 5.41 Å². The van der Waals surface area contributed by atoms with Gasteiger partial charge in [0.2, 0.25) is 6.41 Å². The van der Waals surface area contributed by atoms with E-state index < -0.39 is 6.04 Å². The van der Waals surface area contributed by atoms with Crippen LogP contribution in [-0.4, -0.2) is 29.7 Å². The molecule has 1 unspecified atom stereocenters. The molecular weight excluding hydrogens is 264 g/mol. The van der Waals surface area contributed by atoms with Crippen molar-refractivity contribution in [3.63, 3.8) is 0 Å². The zero-order chi connectivity index (χ0) is 15.0. The maximum absolute atomic E-state index is 12.5. The molecule has 2 heterocycles. The van der Waals surface area contributed by atoms with Crippen LogP contribution in [0.4, 0.5) is 0 Å². The van der Waals surface area contributed by atoms with Gasteiger partial charge in [0.1, 0.15) is 6.04 Å². The van der Waals surface area contributed by atoms with Crippen LogP contribution in [0.25, 0.3) is 0 Å². The SMILES string of the molecule is CC1(C)CN(C=O)C2=CC(C(=O)c3ccccc3)NC=C21. The standard InChI is InChI=1S/C17H18N2O2/c1-17(2)10-19(11-20)15-8-14(18-9-13(15)17)16(21)12-6-4-3-5-7-12/h3-9,11,14,18H,10H2,1-2H3. The Morgan fingerprint density at radius 3 is 2.71 bits per heavy atom. The first-order valence-corrected chi connectivity index (χ1v) is 7.03. The van der Waals surface area contributed by atoms with Gasteiger partial charge in [-0.2, -0.15) is 0 Å². The third kappa shape index (κ3) is 2.27. The second kappa shape index (κ2) is 4.88. The summed E-state index contributed by atoms with van der Waals surface area (Å²) in [7, 11) is 0. The number of hydrogen-bond acceptors (Lipinski definition) is 3. The lowest BCUT2D eigenvalue weighted by atomic mass is 9.85. The fourth-order valence-electron chi connectivity index (χ4n) is 2.96. The number of nitrogens with one attached hydrogen (secondary N) is 1. The summed E-state index contributed by atoms with van der Waals surface area (Å²) in [5, 5.41) is 3.16. The Morgan fingerprint density at radius 1 is 1.33 bits per heavy atom. The third-order valence-electron chi connectivity index (χ3n) is 4.08. The molecule has 1 saturated heterocycles. The topological polar surface area (TPSA) is 49.4 Å². The molecule has 0 radical (unpaired) electrons. The molecule has 0 spiro atoms. The van der Waals surface area contributed by atoms with Gasteiger partial charge in [-0.3, -0.25) is 9.59 Å². The molecule has 108 valence electrons. The Hall–Kier alpha value is -2.36. The number of benzene rings is 1. The molecule has 0 aromatic heterocycles. The van der Waals surface area contributed by atoms with Gasteiger partial charge in [0, 0.05) is 29.4 Å². The van der Waals surface area contributed by atoms with E-state index in [0.29, 0.717) is 12.1 Å². The first-order valence-electron chi connectivity index (χ1n) is 7.03. The minimum atomic E-state index is -0.428. The number of carbonyl (C=O) groups is 2. The van der Waals surface area contributed by atoms with E-state index in [1.165, 1.54) is 0 Å². The van der Waals surface area contributed by atoms with Crippen LogP contribution in [0.3, 0.4) is 0 Å². The van der Waals surface area contributed by atoms with Gasteiger partial charge in [0.25, 0.3) is 0 Å². The number of dihydropyridines is 1. The molecule has 0 aliphatic carbocycles. The second-order valence-electron chi connectivity index (χ2n) is 6.10. The van der Waals surface area contributed by atoms with Crippen molar-refractivity contribution in [2.75, 3.05) is 6.54 Å². The molecule has 4 nitrogen and oxygen atoms in total. The highest BCUT2D eigenvalue weighted by Crippen LogP contribution is 2.42. The summed E-state index contributed by atoms with van der Waals surface area (Å²) in [6.45, 7) is 4.83. The highest BCUT2D eigenvalue weighted by Gasteiger charge is 2.40. The maximum Gasteiger partial charge on any atom is 0.214 e. The summed E-state index contributed by atoms with van der Waals surface area (Å²) in [6, 6.07) is 8.76. The van der Waals surface area contributed by atoms with E-state index in [4.69, 9.17) is 0 Å². The second-order valence-corrected chi connectivity index (χ2v) is 6.10. The zero-order valence-electron chi connectivity index (χ0n) is 12.2. The van der Waals surface area contributed by atoms with Gasteiger partial charge in [0.05, 0.1) is 0 Å². The molecule has 21 heavy (non-hydrogen) atoms. The predicted molar refractivity (Wildman–Crippen MR) is 80.4 cm³/mol. The molecule has 0 saturated carbocycles. The lowest BCUT2D eigenvalue weighted by Gasteiger charge is -2.24. The van der Waals surface area contributed by atoms with E-state index >= 15 is 0 Å². The zero-order valence-corrected chi connectivity index (χ0v) is 12.2. The summed E-state index contributed by atoms with van der Waals surface area (Å²) in [6.07, 6.45) is 4.57. The van der Waals surface area contributed by atoms with Crippen LogP contribution in [-0.2, 0) is 4.79 Å². The molecule has 2 aliphatic heterocycles. The van der Waals surface area contributed by atoms with Gasteiger partial charge >= 0.3 is 0 Å². The van der Waals surface area contributed by atoms with Crippen LogP contribution in [0.15, 0.2) is 53.9 Å². The van der Waals surface area contributed by atoms with E-state index in [-0.39, 0.29) is 11.2 Å². The minimum absolute atomic E-state index is 0.00829. The van der Waals surface area contributed by atoms with Crippen LogP contribution in [0.5, 0.6) is 0 Å². The Bertz CT molecular complexity index is 644. The predicted octanol–water partition coefficient (Wildman–Crippen LogP) is 2.11. The first-order chi connectivity index (χ1) is 10.0. The number of amides is 1. The van der Waals surface area contributed by atoms with Gasteiger partial charge in [0.15, 0.2) is 5.78 Å². The molecule has 4 heteroatoms. The Labute approximate surface area is 124 Å². The van der Waals surface area contributed by atoms with Crippen molar-refractivity contribution in [3.05, 3.63) is 59.4 Å². The van der Waals surface area contributed by atoms with E-state index in [2.05, 4.69) is 19.2 Å². The number of likely N-dealkylation sites (tertiary alicyclic amines) is 1. The lowest BCUT2D eigenvalue weighted by Crippen LogP contribution is -2.35. The quantitative estimate of drug-likeness (QED) is 0.682. The molecule has 1 atom stereocenters. The van der Waals surface area contributed by atoms with Gasteiger partial charge in [-0.25, -0.2) is 0 Å². The molecule has 1 aromatic rings. The average molecular weight is 282 g/mol. The Kier molecular flexibility index (Phi) is 3.16. The molecular formula is C17H18N2O2. The average Bonchev–Trinajstić information content (AvgIpc) is 2.78. The number of allylic oxidation sites excluding steroid dienone is 1. The summed E-state index contributed by atoms with van der Waals surface area (Å²) < 4.78 is 0. The number of fused-ring (bicyclic) bond motifs is 1. The van der Waals surface area contributed by atoms with Crippen molar-refractivity contribution in [2.45, 2.75) is 19.9 Å². The van der Waals surface area contributed by atoms with Crippen molar-refractivity contribution in [1.82, 2.24) is 10.2 Å². The van der Waals surface area contributed by atoms with Crippen LogP contribution in [0.1, 0.15) is 24.2 Å². The van der Waals surface area contributed by atoms with Gasteiger partial charge in [-0.05, 0) is 11.6 Å². The van der Waals surface area contributed by atoms with Crippen molar-refractivity contribution >= 4 is 12.2 Å². The van der Waals surface area contributed by atoms with Crippen molar-refractivity contribution < 1.29 is 9.59 Å². The van der Waals surface area contributed by atoms with Gasteiger partial charge < -0.3 is 10.2 Å². The Balaban J connectivity index is 1.92. The normalized spacial score (nSPS) is 22.8. The summed E-state index contributed by atoms with van der Waals surface area (Å²) in [4.78, 5) is 25.4. The molecule has 0 bridgehead atoms. The van der Waals surface area contributed by atoms with Crippen LogP contribution >= 0.6 is 0 Å². The Morgan fingerprint density at radius 2 is 2.05 bits per heavy atom. The van der Waals surface area contributed by atoms with Crippen molar-refractivity contribution in [1.29, 1.82) is 0 Å². The van der Waals surface area contributed by atoms with Crippen molar-refractivity contribution in [2.24, 2.45) is 5.41 Å². The van der Waals surface area contributed by atoms with E-state index in [0.717, 1.165) is 17.7 Å². The van der Waals surface area contributed by atoms with E-state index in [9.17, 15) is 9.59 Å². The van der Waals surface area contributed by atoms with Crippen LogP contribution in [0.2, 0.25) is 0 Å². The monoisotopic (exact) mass is 282 g/mol. The number of nitrogens with zero attached hydrogens (tertiary/aromatic N) is 1. The summed E-state index contributed by atoms with van der Waals surface area (Å²) in [5.74, 6) is 0.00829. The fourth-order valence-corrected chi connectivity index (χ4v) is 2.96. The number of ketones is 1. The van der Waals surface area contributed by atoms with Gasteiger partial charge in [-0.1, -0.05) is 44.2 Å². The molecule has 1 fully saturated rings. The molecule has 2 aliphatic rings. The minimum Gasteiger partial charge on any atom is -0.377 e. The molecule has 1 N–H and O–H groups in total. The first kappa shape index (κ1) is 13.6. The van der Waals surface area contributed by atoms with E-state index in [1.807, 2.05) is 30.5 Å². The number of rotatable bonds is 3. The third-order valence-corrected chi connectivity index (χ3v) is 4.08. The molecule has 1 aromatic carbocycles. The van der Waals surface area contributed by atoms with Crippen LogP contribution < -0.4 is 5.32 Å². The number of hydrogen-bond donors (Lipinski definition) is 1. The molecule has 1 amide bonds. The summed E-state index contributed by atoms with van der Waals surface area (Å²) in [5.41, 5.74) is 2.49. The lowest BCUT2D eigenvalue weighted by molar-refractivity contribution is -0.116. The number of carbonyl (C=O) groups excluding carboxylic acids is 2. The fraction of sp³-hybridized carbons (Fsp3) is 0.294. The number of Topliss-reactive ketones (excluding diaryl/α,β-unsaturated/α-hetero) is 1. The highest BCUT2D eigenvalue weighted by molar-refractivity contribution is 6.01. The van der Waals surface area contributed by atoms with Crippen molar-refractivity contribution in [3.8, 4) is 0 Å². The maximum atomic E-state index is 12.5. The van der Waals surface area contributed by atoms with E-state index in [1.54, 1.807) is 17.0 Å². The smallest absolute Gasteiger partial charge is 0.214 e. The van der Waals surface area contributed by atoms with Gasteiger partial charge in [-0.15, -0.1) is 0 Å². The summed E-state index contributed by atoms with van der Waals surface area (Å²) >= 11 is 0. The molecule has 3 rings (SSSR count).